The van der Waals surface area contributed by atoms with Crippen molar-refractivity contribution < 1.29 is 4.39 Å². The number of benzene rings is 10. The van der Waals surface area contributed by atoms with Gasteiger partial charge in [0.25, 0.3) is 0 Å². The highest BCUT2D eigenvalue weighted by atomic mass is 19.1. The molecule has 274 valence electrons. The van der Waals surface area contributed by atoms with E-state index >= 15 is 4.39 Å². The summed E-state index contributed by atoms with van der Waals surface area (Å²) in [4.78, 5) is 2.06. The summed E-state index contributed by atoms with van der Waals surface area (Å²) in [6, 6.07) is 79.5. The minimum Gasteiger partial charge on any atom is -0.307 e. The summed E-state index contributed by atoms with van der Waals surface area (Å²) in [5, 5.41) is 4.97. The molecule has 10 aromatic rings. The Labute approximate surface area is 338 Å². The van der Waals surface area contributed by atoms with Crippen LogP contribution in [0.15, 0.2) is 231 Å². The Balaban J connectivity index is 1.10. The Kier molecular flexibility index (Phi) is 9.13. The average Bonchev–Trinajstić information content (AvgIpc) is 3.30. The van der Waals surface area contributed by atoms with Crippen LogP contribution in [0.1, 0.15) is 0 Å². The maximum atomic E-state index is 17.2. The molecular weight excluding hydrogens is 706 g/mol. The van der Waals surface area contributed by atoms with Crippen LogP contribution >= 0.6 is 0 Å². The van der Waals surface area contributed by atoms with Crippen LogP contribution in [-0.2, 0) is 0 Å². The van der Waals surface area contributed by atoms with Crippen molar-refractivity contribution in [3.05, 3.63) is 236 Å². The molecule has 0 aromatic heterocycles. The third-order valence-electron chi connectivity index (χ3n) is 11.1. The highest BCUT2D eigenvalue weighted by Crippen LogP contribution is 2.45. The molecule has 0 aliphatic carbocycles. The lowest BCUT2D eigenvalue weighted by Crippen LogP contribution is -2.13. The first-order chi connectivity index (χ1) is 28.7. The quantitative estimate of drug-likeness (QED) is 0.140. The molecule has 0 unspecified atom stereocenters. The molecule has 0 fully saturated rings. The monoisotopic (exact) mass is 743 g/mol. The van der Waals surface area contributed by atoms with E-state index in [1.165, 1.54) is 27.1 Å². The smallest absolute Gasteiger partial charge is 0.148 e. The lowest BCUT2D eigenvalue weighted by molar-refractivity contribution is 0.630. The van der Waals surface area contributed by atoms with Gasteiger partial charge in [0, 0.05) is 16.9 Å². The predicted octanol–water partition coefficient (Wildman–Crippen LogP) is 15.9. The summed E-state index contributed by atoms with van der Waals surface area (Å²) in [5.41, 5.74) is 12.6. The van der Waals surface area contributed by atoms with Gasteiger partial charge in [0.2, 0.25) is 0 Å². The standard InChI is InChI=1S/C56H38FN/c57-55-38-47(40-17-6-2-7-18-40)37-54(43-19-8-3-9-20-43)56(55)58(48-31-27-41(28-32-48)39-15-4-1-5-16-39)49-33-29-42(30-34-49)44-22-14-23-45(35-44)53-36-46-21-10-11-24-50(46)51-25-12-13-26-52(51)53/h1-38H. The molecule has 0 saturated carbocycles. The zero-order valence-corrected chi connectivity index (χ0v) is 31.8. The lowest BCUT2D eigenvalue weighted by Gasteiger charge is -2.29. The zero-order valence-electron chi connectivity index (χ0n) is 31.8. The van der Waals surface area contributed by atoms with Crippen molar-refractivity contribution in [1.29, 1.82) is 0 Å². The summed E-state index contributed by atoms with van der Waals surface area (Å²) >= 11 is 0. The fourth-order valence-electron chi connectivity index (χ4n) is 8.26. The van der Waals surface area contributed by atoms with E-state index in [4.69, 9.17) is 0 Å². The summed E-state index contributed by atoms with van der Waals surface area (Å²) in [5.74, 6) is -0.299. The molecule has 1 nitrogen and oxygen atoms in total. The molecular formula is C56H38FN. The van der Waals surface area contributed by atoms with Crippen molar-refractivity contribution in [1.82, 2.24) is 0 Å². The van der Waals surface area contributed by atoms with Crippen molar-refractivity contribution in [2.45, 2.75) is 0 Å². The molecule has 10 aromatic carbocycles. The number of nitrogens with zero attached hydrogens (tertiary/aromatic N) is 1. The maximum absolute atomic E-state index is 17.2. The van der Waals surface area contributed by atoms with E-state index in [9.17, 15) is 0 Å². The Bertz CT molecular complexity index is 3030. The third-order valence-corrected chi connectivity index (χ3v) is 11.1. The Hall–Kier alpha value is -7.55. The third kappa shape index (κ3) is 6.61. The van der Waals surface area contributed by atoms with Crippen LogP contribution in [0.25, 0.3) is 77.2 Å². The van der Waals surface area contributed by atoms with Gasteiger partial charge in [-0.1, -0.05) is 182 Å². The number of hydrogen-bond acceptors (Lipinski definition) is 1. The molecule has 0 bridgehead atoms. The molecule has 0 atom stereocenters. The molecule has 0 amide bonds. The highest BCUT2D eigenvalue weighted by Gasteiger charge is 2.23. The highest BCUT2D eigenvalue weighted by molar-refractivity contribution is 6.13. The number of hydrogen-bond donors (Lipinski definition) is 0. The van der Waals surface area contributed by atoms with Gasteiger partial charge in [0.1, 0.15) is 5.82 Å². The first-order valence-electron chi connectivity index (χ1n) is 19.7. The number of rotatable bonds is 8. The van der Waals surface area contributed by atoms with E-state index in [0.717, 1.165) is 61.4 Å². The van der Waals surface area contributed by atoms with Crippen LogP contribution in [0.4, 0.5) is 21.5 Å². The van der Waals surface area contributed by atoms with Gasteiger partial charge in [-0.25, -0.2) is 4.39 Å². The topological polar surface area (TPSA) is 3.24 Å². The van der Waals surface area contributed by atoms with Crippen molar-refractivity contribution in [3.8, 4) is 55.6 Å². The van der Waals surface area contributed by atoms with E-state index in [1.54, 1.807) is 6.07 Å². The van der Waals surface area contributed by atoms with Crippen molar-refractivity contribution in [3.63, 3.8) is 0 Å². The number of halogens is 1. The van der Waals surface area contributed by atoms with Crippen LogP contribution in [0.3, 0.4) is 0 Å². The van der Waals surface area contributed by atoms with Crippen LogP contribution < -0.4 is 4.90 Å². The van der Waals surface area contributed by atoms with Crippen molar-refractivity contribution in [2.75, 3.05) is 4.90 Å². The molecule has 0 radical (unpaired) electrons. The van der Waals surface area contributed by atoms with Crippen LogP contribution in [-0.4, -0.2) is 0 Å². The Morgan fingerprint density at radius 3 is 1.38 bits per heavy atom. The molecule has 2 heteroatoms. The van der Waals surface area contributed by atoms with Gasteiger partial charge >= 0.3 is 0 Å². The second-order valence-corrected chi connectivity index (χ2v) is 14.7. The van der Waals surface area contributed by atoms with Gasteiger partial charge in [-0.3, -0.25) is 0 Å². The minimum absolute atomic E-state index is 0.299. The molecule has 0 saturated heterocycles. The first-order valence-corrected chi connectivity index (χ1v) is 19.7. The zero-order chi connectivity index (χ0) is 38.8. The normalized spacial score (nSPS) is 11.2. The largest absolute Gasteiger partial charge is 0.307 e. The van der Waals surface area contributed by atoms with Crippen molar-refractivity contribution >= 4 is 38.6 Å². The summed E-state index contributed by atoms with van der Waals surface area (Å²) in [6.07, 6.45) is 0. The second kappa shape index (κ2) is 15.2. The summed E-state index contributed by atoms with van der Waals surface area (Å²) in [6.45, 7) is 0. The Morgan fingerprint density at radius 2 is 0.741 bits per heavy atom. The lowest BCUT2D eigenvalue weighted by atomic mass is 9.92. The van der Waals surface area contributed by atoms with E-state index in [2.05, 4.69) is 163 Å². The van der Waals surface area contributed by atoms with E-state index in [0.29, 0.717) is 5.69 Å². The average molecular weight is 744 g/mol. The van der Waals surface area contributed by atoms with E-state index in [1.807, 2.05) is 66.7 Å². The summed E-state index contributed by atoms with van der Waals surface area (Å²) < 4.78 is 17.2. The van der Waals surface area contributed by atoms with Gasteiger partial charge in [0.15, 0.2) is 0 Å². The van der Waals surface area contributed by atoms with Crippen LogP contribution in [0.5, 0.6) is 0 Å². The molecule has 0 aliphatic rings. The van der Waals surface area contributed by atoms with Gasteiger partial charge in [-0.15, -0.1) is 0 Å². The minimum atomic E-state index is -0.299. The summed E-state index contributed by atoms with van der Waals surface area (Å²) in [7, 11) is 0. The van der Waals surface area contributed by atoms with Gasteiger partial charge in [-0.2, -0.15) is 0 Å². The molecule has 0 heterocycles. The van der Waals surface area contributed by atoms with E-state index < -0.39 is 0 Å². The number of anilines is 3. The predicted molar refractivity (Wildman–Crippen MR) is 243 cm³/mol. The molecule has 10 rings (SSSR count). The van der Waals surface area contributed by atoms with Gasteiger partial charge in [0.05, 0.1) is 5.69 Å². The van der Waals surface area contributed by atoms with Crippen LogP contribution in [0, 0.1) is 5.82 Å². The SMILES string of the molecule is Fc1cc(-c2ccccc2)cc(-c2ccccc2)c1N(c1ccc(-c2ccccc2)cc1)c1ccc(-c2cccc(-c3cc4ccccc4c4ccccc34)c2)cc1. The van der Waals surface area contributed by atoms with Crippen LogP contribution in [0.2, 0.25) is 0 Å². The van der Waals surface area contributed by atoms with Crippen molar-refractivity contribution in [2.24, 2.45) is 0 Å². The maximum Gasteiger partial charge on any atom is 0.148 e. The van der Waals surface area contributed by atoms with Gasteiger partial charge in [-0.05, 0) is 120 Å². The molecule has 0 N–H and O–H groups in total. The van der Waals surface area contributed by atoms with Gasteiger partial charge < -0.3 is 4.90 Å². The Morgan fingerprint density at radius 1 is 0.276 bits per heavy atom. The van der Waals surface area contributed by atoms with E-state index in [-0.39, 0.29) is 5.82 Å². The number of fused-ring (bicyclic) bond motifs is 3. The second-order valence-electron chi connectivity index (χ2n) is 14.7. The molecule has 0 spiro atoms. The fraction of sp³-hybridized carbons (Fsp3) is 0. The molecule has 0 aliphatic heterocycles. The molecule has 58 heavy (non-hydrogen) atoms. The first kappa shape index (κ1) is 34.9. The fourth-order valence-corrected chi connectivity index (χ4v) is 8.26.